The number of carbonyl (C=O) groups is 3. The molecule has 3 rings (SSSR count). The first-order valence-corrected chi connectivity index (χ1v) is 13.6. The van der Waals surface area contributed by atoms with Crippen LogP contribution in [0.15, 0.2) is 53.4 Å². The average Bonchev–Trinajstić information content (AvgIpc) is 3.12. The Morgan fingerprint density at radius 1 is 1.06 bits per heavy atom. The zero-order chi connectivity index (χ0) is 26.3. The summed E-state index contributed by atoms with van der Waals surface area (Å²) in [7, 11) is -3.79. The molecule has 0 saturated carbocycles. The molecule has 1 aliphatic rings. The van der Waals surface area contributed by atoms with Crippen LogP contribution >= 0.6 is 0 Å². The fourth-order valence-corrected chi connectivity index (χ4v) is 4.68. The first kappa shape index (κ1) is 27.3. The molecule has 194 valence electrons. The van der Waals surface area contributed by atoms with Crippen molar-refractivity contribution in [2.45, 2.75) is 63.3 Å². The molecule has 0 bridgehead atoms. The lowest BCUT2D eigenvalue weighted by Gasteiger charge is -2.26. The summed E-state index contributed by atoms with van der Waals surface area (Å²) in [5.41, 5.74) is 1.21. The summed E-state index contributed by atoms with van der Waals surface area (Å²) in [4.78, 5) is 40.8. The lowest BCUT2D eigenvalue weighted by molar-refractivity contribution is -0.136. The number of rotatable bonds is 12. The molecule has 2 N–H and O–H groups in total. The van der Waals surface area contributed by atoms with E-state index in [2.05, 4.69) is 6.92 Å². The number of hydrogen-bond donors (Lipinski definition) is 1. The van der Waals surface area contributed by atoms with Crippen LogP contribution in [0.25, 0.3) is 0 Å². The summed E-state index contributed by atoms with van der Waals surface area (Å²) >= 11 is 0. The second-order valence-corrected chi connectivity index (χ2v) is 10.4. The molecular weight excluding hydrogens is 482 g/mol. The number of ether oxygens (including phenoxy) is 1. The van der Waals surface area contributed by atoms with Crippen molar-refractivity contribution in [1.29, 1.82) is 0 Å². The van der Waals surface area contributed by atoms with E-state index in [1.54, 1.807) is 36.4 Å². The molecule has 0 radical (unpaired) electrons. The first-order valence-electron chi connectivity index (χ1n) is 12.1. The second kappa shape index (κ2) is 12.1. The molecular formula is C26H33N3O6S. The molecule has 2 aromatic rings. The normalized spacial score (nSPS) is 15.9. The summed E-state index contributed by atoms with van der Waals surface area (Å²) in [6.07, 6.45) is 4.69. The highest BCUT2D eigenvalue weighted by Gasteiger charge is 2.43. The molecule has 36 heavy (non-hydrogen) atoms. The van der Waals surface area contributed by atoms with Crippen molar-refractivity contribution in [1.82, 2.24) is 4.90 Å². The first-order chi connectivity index (χ1) is 17.1. The third-order valence-electron chi connectivity index (χ3n) is 6.16. The van der Waals surface area contributed by atoms with Gasteiger partial charge < -0.3 is 9.64 Å². The van der Waals surface area contributed by atoms with Crippen LogP contribution in [-0.2, 0) is 30.8 Å². The van der Waals surface area contributed by atoms with Crippen molar-refractivity contribution in [3.8, 4) is 5.75 Å². The van der Waals surface area contributed by atoms with Crippen molar-refractivity contribution in [2.75, 3.05) is 18.1 Å². The van der Waals surface area contributed by atoms with Gasteiger partial charge in [-0.05, 0) is 54.8 Å². The molecule has 1 saturated heterocycles. The maximum absolute atomic E-state index is 13.2. The van der Waals surface area contributed by atoms with E-state index >= 15 is 0 Å². The van der Waals surface area contributed by atoms with Gasteiger partial charge in [0, 0.05) is 13.5 Å². The van der Waals surface area contributed by atoms with Crippen LogP contribution in [0.1, 0.15) is 51.5 Å². The number of nitrogens with two attached hydrogens (primary N) is 1. The van der Waals surface area contributed by atoms with Crippen molar-refractivity contribution >= 4 is 33.4 Å². The number of primary sulfonamides is 1. The number of unbranched alkanes of at least 4 members (excludes halogenated alkanes) is 3. The van der Waals surface area contributed by atoms with Crippen molar-refractivity contribution < 1.29 is 27.5 Å². The number of carbonyl (C=O) groups excluding carboxylic acids is 3. The van der Waals surface area contributed by atoms with Crippen LogP contribution in [0.4, 0.5) is 5.69 Å². The minimum absolute atomic E-state index is 0.00482. The van der Waals surface area contributed by atoms with Crippen LogP contribution < -0.4 is 14.8 Å². The fourth-order valence-electron chi connectivity index (χ4n) is 4.17. The molecule has 0 unspecified atom stereocenters. The SMILES string of the molecule is CCCCCCOc1ccc(N2C(=O)C[C@@H](N(CCc3ccc(S(N)(=O)=O)cc3)C(C)=O)C2=O)cc1. The Labute approximate surface area is 212 Å². The van der Waals surface area contributed by atoms with E-state index in [0.29, 0.717) is 24.5 Å². The number of sulfonamides is 1. The molecule has 10 heteroatoms. The van der Waals surface area contributed by atoms with E-state index in [-0.39, 0.29) is 29.7 Å². The molecule has 1 aliphatic heterocycles. The summed E-state index contributed by atoms with van der Waals surface area (Å²) in [6.45, 7) is 4.32. The van der Waals surface area contributed by atoms with E-state index in [9.17, 15) is 22.8 Å². The smallest absolute Gasteiger partial charge is 0.257 e. The van der Waals surface area contributed by atoms with Gasteiger partial charge >= 0.3 is 0 Å². The van der Waals surface area contributed by atoms with Gasteiger partial charge in [0.1, 0.15) is 11.8 Å². The molecule has 3 amide bonds. The number of nitrogens with zero attached hydrogens (tertiary/aromatic N) is 2. The van der Waals surface area contributed by atoms with Gasteiger partial charge in [0.15, 0.2) is 0 Å². The summed E-state index contributed by atoms with van der Waals surface area (Å²) < 4.78 is 28.6. The Hall–Kier alpha value is -3.24. The maximum atomic E-state index is 13.2. The fraction of sp³-hybridized carbons (Fsp3) is 0.423. The summed E-state index contributed by atoms with van der Waals surface area (Å²) in [6, 6.07) is 11.9. The third-order valence-corrected chi connectivity index (χ3v) is 7.09. The zero-order valence-electron chi connectivity index (χ0n) is 20.7. The highest BCUT2D eigenvalue weighted by atomic mass is 32.2. The van der Waals surface area contributed by atoms with E-state index in [1.165, 1.54) is 30.4 Å². The van der Waals surface area contributed by atoms with Gasteiger partial charge in [-0.3, -0.25) is 14.4 Å². The van der Waals surface area contributed by atoms with Gasteiger partial charge in [0.05, 0.1) is 23.6 Å². The van der Waals surface area contributed by atoms with Crippen molar-refractivity contribution in [3.63, 3.8) is 0 Å². The Bertz CT molecular complexity index is 1180. The molecule has 1 heterocycles. The van der Waals surface area contributed by atoms with Crippen molar-refractivity contribution in [2.24, 2.45) is 5.14 Å². The Morgan fingerprint density at radius 2 is 1.72 bits per heavy atom. The van der Waals surface area contributed by atoms with Gasteiger partial charge in [0.25, 0.3) is 5.91 Å². The van der Waals surface area contributed by atoms with E-state index in [0.717, 1.165) is 29.7 Å². The molecule has 9 nitrogen and oxygen atoms in total. The Morgan fingerprint density at radius 3 is 2.31 bits per heavy atom. The molecule has 1 atom stereocenters. The quantitative estimate of drug-likeness (QED) is 0.342. The molecule has 1 fully saturated rings. The van der Waals surface area contributed by atoms with Gasteiger partial charge in [0.2, 0.25) is 21.8 Å². The van der Waals surface area contributed by atoms with E-state index < -0.39 is 22.0 Å². The molecule has 0 aliphatic carbocycles. The van der Waals surface area contributed by atoms with Crippen LogP contribution in [0.5, 0.6) is 5.75 Å². The van der Waals surface area contributed by atoms with Crippen LogP contribution in [0.3, 0.4) is 0 Å². The van der Waals surface area contributed by atoms with Gasteiger partial charge in [-0.15, -0.1) is 0 Å². The largest absolute Gasteiger partial charge is 0.494 e. The van der Waals surface area contributed by atoms with Crippen LogP contribution in [0.2, 0.25) is 0 Å². The topological polar surface area (TPSA) is 127 Å². The van der Waals surface area contributed by atoms with E-state index in [1.807, 2.05) is 0 Å². The maximum Gasteiger partial charge on any atom is 0.257 e. The Balaban J connectivity index is 1.64. The number of amides is 3. The summed E-state index contributed by atoms with van der Waals surface area (Å²) in [5.74, 6) is -0.476. The predicted molar refractivity (Wildman–Crippen MR) is 136 cm³/mol. The van der Waals surface area contributed by atoms with Crippen molar-refractivity contribution in [3.05, 3.63) is 54.1 Å². The highest BCUT2D eigenvalue weighted by molar-refractivity contribution is 7.89. The van der Waals surface area contributed by atoms with Gasteiger partial charge in [-0.1, -0.05) is 38.3 Å². The molecule has 0 spiro atoms. The Kier molecular flexibility index (Phi) is 9.22. The number of anilines is 1. The number of imide groups is 1. The van der Waals surface area contributed by atoms with Gasteiger partial charge in [-0.2, -0.15) is 0 Å². The molecule has 2 aromatic carbocycles. The minimum Gasteiger partial charge on any atom is -0.494 e. The van der Waals surface area contributed by atoms with Gasteiger partial charge in [-0.25, -0.2) is 18.5 Å². The average molecular weight is 516 g/mol. The predicted octanol–water partition coefficient (Wildman–Crippen LogP) is 3.02. The number of benzene rings is 2. The number of hydrogen-bond acceptors (Lipinski definition) is 6. The lowest BCUT2D eigenvalue weighted by atomic mass is 10.1. The van der Waals surface area contributed by atoms with E-state index in [4.69, 9.17) is 9.88 Å². The molecule has 0 aromatic heterocycles. The monoisotopic (exact) mass is 515 g/mol. The minimum atomic E-state index is -3.79. The zero-order valence-corrected chi connectivity index (χ0v) is 21.5. The van der Waals surface area contributed by atoms with Crippen LogP contribution in [-0.4, -0.2) is 50.2 Å². The third kappa shape index (κ3) is 6.92. The second-order valence-electron chi connectivity index (χ2n) is 8.84. The lowest BCUT2D eigenvalue weighted by Crippen LogP contribution is -2.45. The van der Waals surface area contributed by atoms with Crippen LogP contribution in [0, 0.1) is 0 Å². The summed E-state index contributed by atoms with van der Waals surface area (Å²) in [5, 5.41) is 5.12. The standard InChI is InChI=1S/C26H33N3O6S/c1-3-4-5-6-17-35-22-11-9-21(10-12-22)29-25(31)18-24(26(29)32)28(19(2)30)16-15-20-7-13-23(14-8-20)36(27,33)34/h7-14,24H,3-6,15-18H2,1-2H3,(H2,27,33,34)/t24-/m1/s1. The highest BCUT2D eigenvalue weighted by Crippen LogP contribution is 2.28.